The van der Waals surface area contributed by atoms with Gasteiger partial charge in [-0.15, -0.1) is 0 Å². The fourth-order valence-corrected chi connectivity index (χ4v) is 2.23. The molecule has 1 aromatic heterocycles. The normalized spacial score (nSPS) is 11.1. The number of nitrogens with one attached hydrogen (secondary N) is 1. The number of ether oxygens (including phenoxy) is 1. The molecule has 3 nitrogen and oxygen atoms in total. The Morgan fingerprint density at radius 3 is 2.81 bits per heavy atom. The second-order valence-electron chi connectivity index (χ2n) is 5.22. The summed E-state index contributed by atoms with van der Waals surface area (Å²) in [4.78, 5) is 0. The average molecular weight is 356 g/mol. The molecule has 1 N–H and O–H groups in total. The number of hydrogen-bond donors (Lipinski definition) is 1. The first-order chi connectivity index (χ1) is 9.95. The lowest BCUT2D eigenvalue weighted by atomic mass is 10.2. The number of aryl methyl sites for hydroxylation is 1. The smallest absolute Gasteiger partial charge is 0.146 e. The second kappa shape index (κ2) is 7.09. The van der Waals surface area contributed by atoms with Gasteiger partial charge in [0.15, 0.2) is 0 Å². The first kappa shape index (κ1) is 16.0. The van der Waals surface area contributed by atoms with Crippen LogP contribution in [0.15, 0.2) is 33.2 Å². The van der Waals surface area contributed by atoms with Crippen LogP contribution in [0.1, 0.15) is 30.9 Å². The van der Waals surface area contributed by atoms with Crippen molar-refractivity contribution in [2.24, 2.45) is 0 Å². The molecule has 2 aromatic rings. The van der Waals surface area contributed by atoms with Crippen LogP contribution in [0.3, 0.4) is 0 Å². The highest BCUT2D eigenvalue weighted by atomic mass is 79.9. The van der Waals surface area contributed by atoms with Gasteiger partial charge in [-0.25, -0.2) is 4.39 Å². The van der Waals surface area contributed by atoms with Crippen molar-refractivity contribution < 1.29 is 13.5 Å². The molecule has 0 saturated carbocycles. The molecular weight excluding hydrogens is 337 g/mol. The van der Waals surface area contributed by atoms with Crippen molar-refractivity contribution in [2.75, 3.05) is 0 Å². The quantitative estimate of drug-likeness (QED) is 0.824. The molecule has 5 heteroatoms. The first-order valence-electron chi connectivity index (χ1n) is 6.85. The lowest BCUT2D eigenvalue weighted by Crippen LogP contribution is -2.21. The molecule has 21 heavy (non-hydrogen) atoms. The van der Waals surface area contributed by atoms with Crippen LogP contribution < -0.4 is 10.1 Å². The molecule has 0 spiro atoms. The maximum atomic E-state index is 13.2. The third-order valence-corrected chi connectivity index (χ3v) is 3.66. The van der Waals surface area contributed by atoms with E-state index in [0.717, 1.165) is 17.1 Å². The Bertz CT molecular complexity index is 610. The predicted octanol–water partition coefficient (Wildman–Crippen LogP) is 4.57. The first-order valence-corrected chi connectivity index (χ1v) is 7.64. The third-order valence-electron chi connectivity index (χ3n) is 3.01. The van der Waals surface area contributed by atoms with Gasteiger partial charge in [-0.1, -0.05) is 13.8 Å². The van der Waals surface area contributed by atoms with Gasteiger partial charge < -0.3 is 14.5 Å². The summed E-state index contributed by atoms with van der Waals surface area (Å²) in [6.45, 7) is 7.13. The van der Waals surface area contributed by atoms with Gasteiger partial charge in [-0.3, -0.25) is 0 Å². The van der Waals surface area contributed by atoms with E-state index < -0.39 is 0 Å². The van der Waals surface area contributed by atoms with Crippen LogP contribution in [0.25, 0.3) is 0 Å². The summed E-state index contributed by atoms with van der Waals surface area (Å²) < 4.78 is 25.3. The fourth-order valence-electron chi connectivity index (χ4n) is 1.87. The van der Waals surface area contributed by atoms with Gasteiger partial charge in [0.25, 0.3) is 0 Å². The number of halogens is 2. The van der Waals surface area contributed by atoms with E-state index in [4.69, 9.17) is 9.15 Å². The van der Waals surface area contributed by atoms with Crippen molar-refractivity contribution in [1.82, 2.24) is 5.32 Å². The molecular formula is C16H19BrFNO2. The maximum absolute atomic E-state index is 13.2. The van der Waals surface area contributed by atoms with Gasteiger partial charge in [0.05, 0.1) is 11.0 Å². The molecule has 0 amide bonds. The van der Waals surface area contributed by atoms with Gasteiger partial charge in [-0.05, 0) is 46.6 Å². The zero-order chi connectivity index (χ0) is 15.4. The minimum atomic E-state index is -0.328. The van der Waals surface area contributed by atoms with Crippen LogP contribution in [-0.4, -0.2) is 6.04 Å². The van der Waals surface area contributed by atoms with Gasteiger partial charge in [0.2, 0.25) is 0 Å². The van der Waals surface area contributed by atoms with E-state index in [1.165, 1.54) is 12.1 Å². The van der Waals surface area contributed by atoms with Crippen molar-refractivity contribution in [3.63, 3.8) is 0 Å². The van der Waals surface area contributed by atoms with Crippen LogP contribution in [0, 0.1) is 12.7 Å². The number of hydrogen-bond acceptors (Lipinski definition) is 3. The zero-order valence-electron chi connectivity index (χ0n) is 12.4. The van der Waals surface area contributed by atoms with E-state index in [9.17, 15) is 4.39 Å². The summed E-state index contributed by atoms with van der Waals surface area (Å²) in [5.41, 5.74) is 1.08. The Kier molecular flexibility index (Phi) is 5.42. The summed E-state index contributed by atoms with van der Waals surface area (Å²) >= 11 is 3.33. The van der Waals surface area contributed by atoms with Crippen LogP contribution in [0.4, 0.5) is 4.39 Å². The topological polar surface area (TPSA) is 34.4 Å². The zero-order valence-corrected chi connectivity index (χ0v) is 14.0. The van der Waals surface area contributed by atoms with E-state index in [2.05, 4.69) is 35.1 Å². The average Bonchev–Trinajstić information content (AvgIpc) is 2.78. The van der Waals surface area contributed by atoms with Crippen LogP contribution in [0.2, 0.25) is 0 Å². The van der Waals surface area contributed by atoms with E-state index >= 15 is 0 Å². The maximum Gasteiger partial charge on any atom is 0.146 e. The van der Waals surface area contributed by atoms with Gasteiger partial charge in [-0.2, -0.15) is 0 Å². The summed E-state index contributed by atoms with van der Waals surface area (Å²) in [7, 11) is 0. The van der Waals surface area contributed by atoms with E-state index in [1.807, 2.05) is 13.0 Å². The number of furan rings is 1. The minimum Gasteiger partial charge on any atom is -0.484 e. The fraction of sp³-hybridized carbons (Fsp3) is 0.375. The SMILES string of the molecule is Cc1cc(COc2cc(F)ccc2Br)oc1CNC(C)C. The molecule has 0 unspecified atom stereocenters. The highest BCUT2D eigenvalue weighted by molar-refractivity contribution is 9.10. The molecule has 0 radical (unpaired) electrons. The predicted molar refractivity (Wildman–Crippen MR) is 83.9 cm³/mol. The summed E-state index contributed by atoms with van der Waals surface area (Å²) in [5.74, 6) is 1.77. The Morgan fingerprint density at radius 1 is 1.33 bits per heavy atom. The second-order valence-corrected chi connectivity index (χ2v) is 6.07. The molecule has 114 valence electrons. The lowest BCUT2D eigenvalue weighted by molar-refractivity contribution is 0.262. The Labute approximate surface area is 132 Å². The Morgan fingerprint density at radius 2 is 2.10 bits per heavy atom. The molecule has 2 rings (SSSR count). The molecule has 0 bridgehead atoms. The molecule has 0 aliphatic carbocycles. The van der Waals surface area contributed by atoms with Crippen molar-refractivity contribution in [1.29, 1.82) is 0 Å². The Balaban J connectivity index is 2.00. The van der Waals surface area contributed by atoms with Crippen molar-refractivity contribution >= 4 is 15.9 Å². The molecule has 0 aliphatic heterocycles. The molecule has 0 atom stereocenters. The van der Waals surface area contributed by atoms with E-state index in [1.54, 1.807) is 6.07 Å². The standard InChI is InChI=1S/C16H19BrFNO2/c1-10(2)19-8-16-11(3)6-13(21-16)9-20-15-7-12(18)4-5-14(15)17/h4-7,10,19H,8-9H2,1-3H3. The minimum absolute atomic E-state index is 0.268. The van der Waals surface area contributed by atoms with Crippen molar-refractivity contribution in [3.05, 3.63) is 51.6 Å². The van der Waals surface area contributed by atoms with Crippen LogP contribution in [-0.2, 0) is 13.2 Å². The van der Waals surface area contributed by atoms with Crippen molar-refractivity contribution in [2.45, 2.75) is 40.0 Å². The molecule has 1 heterocycles. The van der Waals surface area contributed by atoms with Gasteiger partial charge in [0, 0.05) is 12.1 Å². The van der Waals surface area contributed by atoms with Crippen LogP contribution >= 0.6 is 15.9 Å². The summed E-state index contributed by atoms with van der Waals surface area (Å²) in [5, 5.41) is 3.31. The number of rotatable bonds is 6. The van der Waals surface area contributed by atoms with Crippen LogP contribution in [0.5, 0.6) is 5.75 Å². The highest BCUT2D eigenvalue weighted by Gasteiger charge is 2.10. The molecule has 0 fully saturated rings. The Hall–Kier alpha value is -1.33. The van der Waals surface area contributed by atoms with E-state index in [0.29, 0.717) is 22.8 Å². The molecule has 0 aliphatic rings. The van der Waals surface area contributed by atoms with E-state index in [-0.39, 0.29) is 12.4 Å². The molecule has 1 aromatic carbocycles. The lowest BCUT2D eigenvalue weighted by Gasteiger charge is -2.07. The monoisotopic (exact) mass is 355 g/mol. The highest BCUT2D eigenvalue weighted by Crippen LogP contribution is 2.27. The van der Waals surface area contributed by atoms with Gasteiger partial charge >= 0.3 is 0 Å². The largest absolute Gasteiger partial charge is 0.484 e. The third kappa shape index (κ3) is 4.58. The molecule has 0 saturated heterocycles. The van der Waals surface area contributed by atoms with Gasteiger partial charge in [0.1, 0.15) is 29.7 Å². The number of benzene rings is 1. The summed E-state index contributed by atoms with van der Waals surface area (Å²) in [6.07, 6.45) is 0. The van der Waals surface area contributed by atoms with Crippen molar-refractivity contribution in [3.8, 4) is 5.75 Å². The summed E-state index contributed by atoms with van der Waals surface area (Å²) in [6, 6.07) is 6.70.